The number of aromatic nitrogens is 4. The maximum atomic E-state index is 8.94. The first-order chi connectivity index (χ1) is 14.5. The third-order valence-electron chi connectivity index (χ3n) is 4.78. The number of benzene rings is 1. The summed E-state index contributed by atoms with van der Waals surface area (Å²) in [5, 5.41) is 9.36. The lowest BCUT2D eigenvalue weighted by Gasteiger charge is -2.15. The van der Waals surface area contributed by atoms with Crippen molar-refractivity contribution < 1.29 is 19.3 Å². The first kappa shape index (κ1) is 21.4. The minimum atomic E-state index is -2.05. The smallest absolute Gasteiger partial charge is 0.192 e. The molecule has 3 aromatic rings. The Labute approximate surface area is 179 Å². The number of ether oxygens (including phenoxy) is 2. The molecule has 0 spiro atoms. The molecule has 4 rings (SSSR count). The quantitative estimate of drug-likeness (QED) is 0.447. The molecule has 160 valence electrons. The molecule has 2 atom stereocenters. The highest BCUT2D eigenvalue weighted by Crippen LogP contribution is 2.32. The molecule has 30 heavy (non-hydrogen) atoms. The molecule has 3 N–H and O–H groups in total. The lowest BCUT2D eigenvalue weighted by molar-refractivity contribution is -0.0384. The van der Waals surface area contributed by atoms with Crippen molar-refractivity contribution in [2.75, 3.05) is 18.3 Å². The summed E-state index contributed by atoms with van der Waals surface area (Å²) in [5.41, 5.74) is 1.76. The van der Waals surface area contributed by atoms with Crippen LogP contribution >= 0.6 is 20.0 Å². The van der Waals surface area contributed by atoms with Gasteiger partial charge in [0.2, 0.25) is 0 Å². The minimum absolute atomic E-state index is 0.0708. The standard InChI is InChI=1S/C19H23ClN5O4P/c1-12-23-18(21-8-13-3-2-4-14(20)7-13)16-9-22-25(19(16)24-12)17-6-5-15(29-17)10-28-11-30(26)27/h2-4,7,9,15,17,26-27H,5-6,8,10-11H2,1H3,(H,21,23,24). The Kier molecular flexibility index (Phi) is 6.77. The second-order valence-corrected chi connectivity index (χ2v) is 8.53. The molecule has 1 aromatic carbocycles. The number of nitrogens with zero attached hydrogens (tertiary/aromatic N) is 4. The zero-order valence-corrected chi connectivity index (χ0v) is 18.1. The molecule has 1 aliphatic rings. The van der Waals surface area contributed by atoms with Crippen molar-refractivity contribution in [2.24, 2.45) is 0 Å². The topological polar surface area (TPSA) is 115 Å². The van der Waals surface area contributed by atoms with E-state index in [-0.39, 0.29) is 18.7 Å². The first-order valence-electron chi connectivity index (χ1n) is 9.58. The maximum absolute atomic E-state index is 8.94. The third-order valence-corrected chi connectivity index (χ3v) is 5.43. The summed E-state index contributed by atoms with van der Waals surface area (Å²) >= 11 is 6.07. The summed E-state index contributed by atoms with van der Waals surface area (Å²) in [4.78, 5) is 27.0. The van der Waals surface area contributed by atoms with Gasteiger partial charge in [0.05, 0.1) is 24.3 Å². The minimum Gasteiger partial charge on any atom is -0.369 e. The number of anilines is 1. The summed E-state index contributed by atoms with van der Waals surface area (Å²) < 4.78 is 13.1. The van der Waals surface area contributed by atoms with Gasteiger partial charge < -0.3 is 24.6 Å². The van der Waals surface area contributed by atoms with Crippen molar-refractivity contribution in [1.29, 1.82) is 0 Å². The summed E-state index contributed by atoms with van der Waals surface area (Å²) in [7, 11) is -2.05. The molecule has 3 heterocycles. The highest BCUT2D eigenvalue weighted by molar-refractivity contribution is 7.44. The van der Waals surface area contributed by atoms with Crippen molar-refractivity contribution in [1.82, 2.24) is 19.7 Å². The third kappa shape index (κ3) is 5.06. The van der Waals surface area contributed by atoms with Crippen LogP contribution in [0.2, 0.25) is 5.02 Å². The van der Waals surface area contributed by atoms with E-state index in [0.29, 0.717) is 35.5 Å². The van der Waals surface area contributed by atoms with E-state index in [1.165, 1.54) is 0 Å². The van der Waals surface area contributed by atoms with Crippen LogP contribution in [0.4, 0.5) is 5.82 Å². The Balaban J connectivity index is 1.48. The van der Waals surface area contributed by atoms with Crippen molar-refractivity contribution in [3.63, 3.8) is 0 Å². The largest absolute Gasteiger partial charge is 0.369 e. The Morgan fingerprint density at radius 3 is 3.00 bits per heavy atom. The van der Waals surface area contributed by atoms with E-state index in [9.17, 15) is 0 Å². The van der Waals surface area contributed by atoms with Gasteiger partial charge in [0.1, 0.15) is 18.0 Å². The van der Waals surface area contributed by atoms with E-state index < -0.39 is 8.38 Å². The monoisotopic (exact) mass is 451 g/mol. The summed E-state index contributed by atoms with van der Waals surface area (Å²) in [6.45, 7) is 2.74. The zero-order chi connectivity index (χ0) is 21.1. The van der Waals surface area contributed by atoms with Gasteiger partial charge in [0.15, 0.2) is 20.3 Å². The van der Waals surface area contributed by atoms with E-state index in [4.69, 9.17) is 30.9 Å². The highest BCUT2D eigenvalue weighted by atomic mass is 35.5. The molecule has 2 unspecified atom stereocenters. The number of hydrogen-bond donors (Lipinski definition) is 3. The first-order valence-corrected chi connectivity index (χ1v) is 11.4. The Hall–Kier alpha value is -1.87. The Bertz CT molecular complexity index is 1020. The summed E-state index contributed by atoms with van der Waals surface area (Å²) in [5.74, 6) is 1.34. The molecule has 2 aromatic heterocycles. The molecule has 0 bridgehead atoms. The SMILES string of the molecule is Cc1nc(NCc2cccc(Cl)c2)c2cnn(C3CCC(COCP(O)O)O3)c2n1. The normalized spacial score (nSPS) is 19.1. The Morgan fingerprint density at radius 1 is 1.33 bits per heavy atom. The van der Waals surface area contributed by atoms with Crippen LogP contribution in [0.15, 0.2) is 30.5 Å². The average molecular weight is 452 g/mol. The number of rotatable bonds is 8. The lowest BCUT2D eigenvalue weighted by atomic mass is 10.2. The molecule has 11 heteroatoms. The van der Waals surface area contributed by atoms with E-state index in [0.717, 1.165) is 23.8 Å². The number of hydrogen-bond acceptors (Lipinski definition) is 8. The van der Waals surface area contributed by atoms with Crippen LogP contribution in [-0.2, 0) is 16.0 Å². The van der Waals surface area contributed by atoms with Gasteiger partial charge in [-0.3, -0.25) is 0 Å². The van der Waals surface area contributed by atoms with Gasteiger partial charge in [0.25, 0.3) is 0 Å². The van der Waals surface area contributed by atoms with Crippen LogP contribution in [0.3, 0.4) is 0 Å². The maximum Gasteiger partial charge on any atom is 0.192 e. The molecular formula is C19H23ClN5O4P. The molecule has 0 aliphatic carbocycles. The molecule has 0 saturated carbocycles. The van der Waals surface area contributed by atoms with E-state index in [1.807, 2.05) is 31.2 Å². The van der Waals surface area contributed by atoms with E-state index in [2.05, 4.69) is 20.4 Å². The van der Waals surface area contributed by atoms with Crippen LogP contribution in [0.1, 0.15) is 30.5 Å². The average Bonchev–Trinajstić information content (AvgIpc) is 3.32. The van der Waals surface area contributed by atoms with Crippen LogP contribution in [0, 0.1) is 6.92 Å². The zero-order valence-electron chi connectivity index (χ0n) is 16.4. The van der Waals surface area contributed by atoms with E-state index in [1.54, 1.807) is 10.9 Å². The van der Waals surface area contributed by atoms with Gasteiger partial charge in [-0.2, -0.15) is 5.10 Å². The van der Waals surface area contributed by atoms with E-state index >= 15 is 0 Å². The van der Waals surface area contributed by atoms with Crippen molar-refractivity contribution in [3.05, 3.63) is 46.9 Å². The molecule has 1 saturated heterocycles. The van der Waals surface area contributed by atoms with Gasteiger partial charge in [-0.1, -0.05) is 23.7 Å². The van der Waals surface area contributed by atoms with Gasteiger partial charge >= 0.3 is 0 Å². The van der Waals surface area contributed by atoms with Gasteiger partial charge in [-0.15, -0.1) is 0 Å². The predicted molar refractivity (Wildman–Crippen MR) is 114 cm³/mol. The molecule has 1 aliphatic heterocycles. The Morgan fingerprint density at radius 2 is 2.20 bits per heavy atom. The highest BCUT2D eigenvalue weighted by Gasteiger charge is 2.29. The van der Waals surface area contributed by atoms with Gasteiger partial charge in [0, 0.05) is 11.6 Å². The molecule has 0 radical (unpaired) electrons. The van der Waals surface area contributed by atoms with Crippen molar-refractivity contribution in [2.45, 2.75) is 38.6 Å². The second kappa shape index (κ2) is 9.51. The van der Waals surface area contributed by atoms with Crippen LogP contribution in [0.25, 0.3) is 11.0 Å². The number of aryl methyl sites for hydroxylation is 1. The predicted octanol–water partition coefficient (Wildman–Crippen LogP) is 3.35. The fourth-order valence-electron chi connectivity index (χ4n) is 3.47. The molecular weight excluding hydrogens is 429 g/mol. The molecule has 0 amide bonds. The fourth-order valence-corrected chi connectivity index (χ4v) is 3.95. The number of halogens is 1. The van der Waals surface area contributed by atoms with Crippen LogP contribution < -0.4 is 5.32 Å². The van der Waals surface area contributed by atoms with Crippen molar-refractivity contribution in [3.8, 4) is 0 Å². The number of nitrogens with one attached hydrogen (secondary N) is 1. The van der Waals surface area contributed by atoms with Crippen LogP contribution in [-0.4, -0.2) is 48.6 Å². The summed E-state index contributed by atoms with van der Waals surface area (Å²) in [6.07, 6.45) is 2.87. The van der Waals surface area contributed by atoms with Crippen molar-refractivity contribution >= 4 is 36.8 Å². The molecule has 1 fully saturated rings. The number of fused-ring (bicyclic) bond motifs is 1. The molecule has 9 nitrogen and oxygen atoms in total. The van der Waals surface area contributed by atoms with Gasteiger partial charge in [-0.25, -0.2) is 14.6 Å². The lowest BCUT2D eigenvalue weighted by Crippen LogP contribution is -2.17. The van der Waals surface area contributed by atoms with Gasteiger partial charge in [-0.05, 0) is 37.5 Å². The second-order valence-electron chi connectivity index (χ2n) is 7.09. The fraction of sp³-hybridized carbons (Fsp3) is 0.421. The van der Waals surface area contributed by atoms with Crippen LogP contribution in [0.5, 0.6) is 0 Å². The summed E-state index contributed by atoms with van der Waals surface area (Å²) in [6, 6.07) is 7.67.